The largest absolute Gasteiger partial charge is 0.246 e. The molecule has 1 aliphatic rings. The third kappa shape index (κ3) is 2.21. The zero-order valence-corrected chi connectivity index (χ0v) is 9.44. The van der Waals surface area contributed by atoms with Gasteiger partial charge in [0.2, 0.25) is 5.84 Å². The normalized spacial score (nSPS) is 21.3. The number of hydrogen-bond donors (Lipinski definition) is 0. The molecular weight excluding hydrogens is 188 g/mol. The number of amidine groups is 1. The summed E-state index contributed by atoms with van der Waals surface area (Å²) in [4.78, 5) is 4.08. The summed E-state index contributed by atoms with van der Waals surface area (Å²) >= 11 is 0. The average Bonchev–Trinajstić information content (AvgIpc) is 2.51. The van der Waals surface area contributed by atoms with E-state index in [2.05, 4.69) is 42.3 Å². The van der Waals surface area contributed by atoms with Gasteiger partial charge in [0.15, 0.2) is 0 Å². The van der Waals surface area contributed by atoms with Crippen molar-refractivity contribution in [3.8, 4) is 0 Å². The maximum Gasteiger partial charge on any atom is 0.202 e. The van der Waals surface area contributed by atoms with E-state index >= 15 is 0 Å². The van der Waals surface area contributed by atoms with Gasteiger partial charge in [0, 0.05) is 13.2 Å². The molecule has 0 aromatic carbocycles. The summed E-state index contributed by atoms with van der Waals surface area (Å²) in [5.74, 6) is 0.953. The zero-order chi connectivity index (χ0) is 11.4. The van der Waals surface area contributed by atoms with Crippen molar-refractivity contribution in [2.24, 2.45) is 21.2 Å². The van der Waals surface area contributed by atoms with E-state index in [9.17, 15) is 0 Å². The third-order valence-corrected chi connectivity index (χ3v) is 2.14. The van der Waals surface area contributed by atoms with Crippen LogP contribution in [0, 0.1) is 5.92 Å². The monoisotopic (exact) mass is 204 g/mol. The summed E-state index contributed by atoms with van der Waals surface area (Å²) in [7, 11) is 1.84. The lowest BCUT2D eigenvalue weighted by atomic mass is 10.0. The molecule has 0 aromatic rings. The molecular formula is C11H16N4. The van der Waals surface area contributed by atoms with Gasteiger partial charge in [-0.2, -0.15) is 0 Å². The first-order valence-electron chi connectivity index (χ1n) is 4.82. The Labute approximate surface area is 90.4 Å². The van der Waals surface area contributed by atoms with E-state index in [0.717, 1.165) is 11.3 Å². The van der Waals surface area contributed by atoms with Gasteiger partial charge in [-0.1, -0.05) is 38.3 Å². The molecule has 4 heteroatoms. The minimum atomic E-state index is 0.360. The smallest absolute Gasteiger partial charge is 0.202 e. The van der Waals surface area contributed by atoms with Gasteiger partial charge >= 0.3 is 0 Å². The lowest BCUT2D eigenvalue weighted by molar-refractivity contribution is 0.455. The number of rotatable bonds is 3. The summed E-state index contributed by atoms with van der Waals surface area (Å²) in [6.45, 7) is 11.6. The molecule has 0 unspecified atom stereocenters. The quantitative estimate of drug-likeness (QED) is 0.696. The van der Waals surface area contributed by atoms with Gasteiger partial charge in [-0.25, -0.2) is 10.0 Å². The van der Waals surface area contributed by atoms with E-state index in [1.54, 1.807) is 5.01 Å². The molecule has 0 spiro atoms. The van der Waals surface area contributed by atoms with Crippen LogP contribution in [0.25, 0.3) is 0 Å². The second kappa shape index (κ2) is 4.68. The number of hydrogen-bond acceptors (Lipinski definition) is 3. The number of likely N-dealkylation sites (N-methyl/N-ethyl adjacent to an activating group) is 1. The molecule has 0 amide bonds. The van der Waals surface area contributed by atoms with Crippen LogP contribution in [0.5, 0.6) is 0 Å². The molecule has 4 nitrogen and oxygen atoms in total. The first kappa shape index (κ1) is 11.4. The highest BCUT2D eigenvalue weighted by Crippen LogP contribution is 2.24. The molecule has 0 aliphatic carbocycles. The second-order valence-corrected chi connectivity index (χ2v) is 3.51. The highest BCUT2D eigenvalue weighted by molar-refractivity contribution is 6.00. The highest BCUT2D eigenvalue weighted by atomic mass is 15.6. The first-order valence-corrected chi connectivity index (χ1v) is 4.82. The van der Waals surface area contributed by atoms with Crippen molar-refractivity contribution in [3.63, 3.8) is 0 Å². The molecule has 0 atom stereocenters. The summed E-state index contributed by atoms with van der Waals surface area (Å²) < 4.78 is 0. The molecule has 15 heavy (non-hydrogen) atoms. The van der Waals surface area contributed by atoms with Crippen LogP contribution in [-0.2, 0) is 0 Å². The fraction of sp³-hybridized carbons (Fsp3) is 0.364. The SMILES string of the molecule is C=CN=C1N=NN(C)/C1=C(/C=C)C(C)C. The minimum absolute atomic E-state index is 0.360. The molecule has 1 heterocycles. The first-order chi connectivity index (χ1) is 7.11. The average molecular weight is 204 g/mol. The summed E-state index contributed by atoms with van der Waals surface area (Å²) in [6.07, 6.45) is 3.29. The molecule has 0 aromatic heterocycles. The molecule has 0 radical (unpaired) electrons. The van der Waals surface area contributed by atoms with E-state index in [-0.39, 0.29) is 0 Å². The Bertz CT molecular complexity index is 361. The van der Waals surface area contributed by atoms with E-state index in [1.807, 2.05) is 13.1 Å². The van der Waals surface area contributed by atoms with Crippen molar-refractivity contribution in [2.45, 2.75) is 13.8 Å². The minimum Gasteiger partial charge on any atom is -0.246 e. The molecule has 1 aliphatic heterocycles. The Morgan fingerprint density at radius 3 is 2.60 bits per heavy atom. The van der Waals surface area contributed by atoms with Crippen LogP contribution in [0.4, 0.5) is 0 Å². The van der Waals surface area contributed by atoms with Crippen molar-refractivity contribution >= 4 is 5.84 Å². The van der Waals surface area contributed by atoms with E-state index in [1.165, 1.54) is 6.20 Å². The molecule has 0 bridgehead atoms. The molecule has 0 saturated carbocycles. The maximum absolute atomic E-state index is 4.08. The number of aliphatic imine (C=N–C) groups is 1. The zero-order valence-electron chi connectivity index (χ0n) is 9.44. The van der Waals surface area contributed by atoms with Crippen LogP contribution >= 0.6 is 0 Å². The molecule has 0 saturated heterocycles. The number of nitrogens with zero attached hydrogens (tertiary/aromatic N) is 4. The van der Waals surface area contributed by atoms with Gasteiger partial charge < -0.3 is 0 Å². The second-order valence-electron chi connectivity index (χ2n) is 3.51. The Balaban J connectivity index is 3.26. The lowest BCUT2D eigenvalue weighted by Crippen LogP contribution is -2.14. The van der Waals surface area contributed by atoms with Gasteiger partial charge in [-0.05, 0) is 11.5 Å². The van der Waals surface area contributed by atoms with Crippen LogP contribution < -0.4 is 0 Å². The molecule has 0 fully saturated rings. The van der Waals surface area contributed by atoms with Gasteiger partial charge in [-0.15, -0.1) is 5.11 Å². The van der Waals surface area contributed by atoms with Gasteiger partial charge in [0.05, 0.1) is 0 Å². The topological polar surface area (TPSA) is 40.3 Å². The van der Waals surface area contributed by atoms with E-state index < -0.39 is 0 Å². The maximum atomic E-state index is 4.08. The van der Waals surface area contributed by atoms with Crippen LogP contribution in [0.2, 0.25) is 0 Å². The molecule has 0 N–H and O–H groups in total. The van der Waals surface area contributed by atoms with Crippen molar-refractivity contribution in [3.05, 3.63) is 36.7 Å². The summed E-state index contributed by atoms with van der Waals surface area (Å²) in [5, 5.41) is 9.61. The summed E-state index contributed by atoms with van der Waals surface area (Å²) in [5.41, 5.74) is 1.99. The Hall–Kier alpha value is -1.71. The Morgan fingerprint density at radius 1 is 1.47 bits per heavy atom. The number of allylic oxidation sites excluding steroid dienone is 2. The van der Waals surface area contributed by atoms with Crippen molar-refractivity contribution in [2.75, 3.05) is 7.05 Å². The predicted molar refractivity (Wildman–Crippen MR) is 62.3 cm³/mol. The van der Waals surface area contributed by atoms with Gasteiger partial charge in [0.1, 0.15) is 5.70 Å². The van der Waals surface area contributed by atoms with E-state index in [0.29, 0.717) is 11.8 Å². The lowest BCUT2D eigenvalue weighted by Gasteiger charge is -2.14. The van der Waals surface area contributed by atoms with Gasteiger partial charge in [-0.3, -0.25) is 0 Å². The highest BCUT2D eigenvalue weighted by Gasteiger charge is 2.22. The summed E-state index contributed by atoms with van der Waals surface area (Å²) in [6, 6.07) is 0. The van der Waals surface area contributed by atoms with E-state index in [4.69, 9.17) is 0 Å². The van der Waals surface area contributed by atoms with Gasteiger partial charge in [0.25, 0.3) is 0 Å². The Morgan fingerprint density at radius 2 is 2.13 bits per heavy atom. The van der Waals surface area contributed by atoms with Crippen LogP contribution in [0.15, 0.2) is 52.0 Å². The fourth-order valence-electron chi connectivity index (χ4n) is 1.44. The Kier molecular flexibility index (Phi) is 3.55. The van der Waals surface area contributed by atoms with Crippen molar-refractivity contribution in [1.29, 1.82) is 0 Å². The van der Waals surface area contributed by atoms with Crippen molar-refractivity contribution in [1.82, 2.24) is 5.01 Å². The van der Waals surface area contributed by atoms with Crippen LogP contribution in [0.3, 0.4) is 0 Å². The fourth-order valence-corrected chi connectivity index (χ4v) is 1.44. The predicted octanol–water partition coefficient (Wildman–Crippen LogP) is 2.94. The van der Waals surface area contributed by atoms with Crippen LogP contribution in [-0.4, -0.2) is 17.9 Å². The van der Waals surface area contributed by atoms with Crippen molar-refractivity contribution < 1.29 is 0 Å². The van der Waals surface area contributed by atoms with Crippen LogP contribution in [0.1, 0.15) is 13.8 Å². The molecule has 1 rings (SSSR count). The third-order valence-electron chi connectivity index (χ3n) is 2.14. The molecule has 80 valence electrons. The standard InChI is InChI=1S/C11H16N4/c1-6-9(8(3)4)10-11(12-7-2)13-14-15(10)5/h6-8H,1-2H2,3-5H3/b10-9-,12-11?.